The van der Waals surface area contributed by atoms with Gasteiger partial charge in [0.25, 0.3) is 10.1 Å². The van der Waals surface area contributed by atoms with Crippen molar-refractivity contribution in [3.63, 3.8) is 0 Å². The van der Waals surface area contributed by atoms with Crippen LogP contribution in [0, 0.1) is 0 Å². The molecule has 2 saturated heterocycles. The minimum absolute atomic E-state index is 0.249. The van der Waals surface area contributed by atoms with E-state index in [1.54, 1.807) is 6.07 Å². The number of benzene rings is 1. The summed E-state index contributed by atoms with van der Waals surface area (Å²) in [6.45, 7) is 1.12. The van der Waals surface area contributed by atoms with Gasteiger partial charge in [-0.1, -0.05) is 12.1 Å². The molecule has 25 heavy (non-hydrogen) atoms. The number of carbonyl (C=O) groups is 1. The normalized spacial score (nSPS) is 26.7. The Morgan fingerprint density at radius 3 is 2.56 bits per heavy atom. The fourth-order valence-electron chi connectivity index (χ4n) is 4.31. The molecule has 3 rings (SSSR count). The predicted octanol–water partition coefficient (Wildman–Crippen LogP) is 1.86. The second-order valence-corrected chi connectivity index (χ2v) is 8.80. The largest absolute Gasteiger partial charge is 0.366 e. The zero-order chi connectivity index (χ0) is 18.0. The smallest absolute Gasteiger partial charge is 0.264 e. The van der Waals surface area contributed by atoms with E-state index in [0.29, 0.717) is 23.6 Å². The van der Waals surface area contributed by atoms with Crippen molar-refractivity contribution in [3.8, 4) is 0 Å². The molecule has 138 valence electrons. The average molecular weight is 366 g/mol. The number of nitrogens with two attached hydrogens (primary N) is 1. The number of carbonyl (C=O) groups excluding carboxylic acids is 1. The van der Waals surface area contributed by atoms with Gasteiger partial charge in [-0.25, -0.2) is 0 Å². The van der Waals surface area contributed by atoms with E-state index in [1.807, 2.05) is 12.1 Å². The number of primary amides is 1. The molecule has 0 saturated carbocycles. The minimum atomic E-state index is -3.35. The highest BCUT2D eigenvalue weighted by Crippen LogP contribution is 2.43. The summed E-state index contributed by atoms with van der Waals surface area (Å²) in [6, 6.07) is 8.75. The number of fused-ring (bicyclic) bond motifs is 2. The first-order valence-electron chi connectivity index (χ1n) is 8.83. The molecule has 6 nitrogen and oxygen atoms in total. The summed E-state index contributed by atoms with van der Waals surface area (Å²) in [4.78, 5) is 13.9. The lowest BCUT2D eigenvalue weighted by atomic mass is 9.84. The van der Waals surface area contributed by atoms with Crippen LogP contribution in [0.2, 0.25) is 0 Å². The summed E-state index contributed by atoms with van der Waals surface area (Å²) >= 11 is 0. The molecule has 2 aliphatic heterocycles. The van der Waals surface area contributed by atoms with E-state index < -0.39 is 10.1 Å². The number of hydrogen-bond acceptors (Lipinski definition) is 5. The maximum atomic E-state index is 11.4. The average Bonchev–Trinajstić information content (AvgIpc) is 2.78. The Kier molecular flexibility index (Phi) is 5.46. The maximum absolute atomic E-state index is 11.4. The highest BCUT2D eigenvalue weighted by atomic mass is 32.2. The Morgan fingerprint density at radius 1 is 1.28 bits per heavy atom. The van der Waals surface area contributed by atoms with Gasteiger partial charge in [0.1, 0.15) is 0 Å². The van der Waals surface area contributed by atoms with Gasteiger partial charge in [-0.3, -0.25) is 13.9 Å². The third-order valence-corrected chi connectivity index (χ3v) is 5.98. The maximum Gasteiger partial charge on any atom is 0.264 e. The summed E-state index contributed by atoms with van der Waals surface area (Å²) in [6.07, 6.45) is 6.33. The molecule has 2 bridgehead atoms. The van der Waals surface area contributed by atoms with Crippen LogP contribution in [0.3, 0.4) is 0 Å². The van der Waals surface area contributed by atoms with Crippen LogP contribution in [0.25, 0.3) is 0 Å². The number of rotatable bonds is 7. The molecule has 2 fully saturated rings. The van der Waals surface area contributed by atoms with Crippen molar-refractivity contribution < 1.29 is 17.4 Å². The SMILES string of the molecule is CS(=O)(=O)OCCCN1[C@@H]2CC[C@H]1CC(c1cccc(C(N)=O)c1)C2. The van der Waals surface area contributed by atoms with Crippen LogP contribution in [0.1, 0.15) is 53.9 Å². The fourth-order valence-corrected chi connectivity index (χ4v) is 4.74. The molecular formula is C18H26N2O4S. The van der Waals surface area contributed by atoms with E-state index in [1.165, 1.54) is 18.4 Å². The van der Waals surface area contributed by atoms with Crippen molar-refractivity contribution in [2.75, 3.05) is 19.4 Å². The first kappa shape index (κ1) is 18.4. The van der Waals surface area contributed by atoms with Crippen molar-refractivity contribution in [3.05, 3.63) is 35.4 Å². The summed E-state index contributed by atoms with van der Waals surface area (Å²) in [5.41, 5.74) is 7.17. The molecule has 1 unspecified atom stereocenters. The molecule has 2 heterocycles. The van der Waals surface area contributed by atoms with Crippen LogP contribution in [0.15, 0.2) is 24.3 Å². The van der Waals surface area contributed by atoms with Crippen molar-refractivity contribution in [2.45, 2.75) is 50.1 Å². The molecule has 2 aliphatic rings. The Balaban J connectivity index is 1.58. The van der Waals surface area contributed by atoms with Crippen LogP contribution < -0.4 is 5.73 Å². The van der Waals surface area contributed by atoms with Gasteiger partial charge in [-0.05, 0) is 55.7 Å². The van der Waals surface area contributed by atoms with Gasteiger partial charge in [0.05, 0.1) is 12.9 Å². The van der Waals surface area contributed by atoms with Gasteiger partial charge in [-0.15, -0.1) is 0 Å². The van der Waals surface area contributed by atoms with E-state index in [0.717, 1.165) is 32.1 Å². The first-order valence-corrected chi connectivity index (χ1v) is 10.6. The van der Waals surface area contributed by atoms with Gasteiger partial charge in [0.2, 0.25) is 5.91 Å². The van der Waals surface area contributed by atoms with Gasteiger partial charge in [0.15, 0.2) is 0 Å². The standard InChI is InChI=1S/C18H26N2O4S/c1-25(22,23)24-9-3-8-20-16-6-7-17(20)12-15(11-16)13-4-2-5-14(10-13)18(19)21/h2,4-5,10,15-17H,3,6-9,11-12H2,1H3,(H2,19,21)/t15?,16-,17+. The molecule has 1 aromatic rings. The predicted molar refractivity (Wildman–Crippen MR) is 95.9 cm³/mol. The van der Waals surface area contributed by atoms with E-state index >= 15 is 0 Å². The lowest BCUT2D eigenvalue weighted by Crippen LogP contribution is -2.43. The minimum Gasteiger partial charge on any atom is -0.366 e. The number of piperidine rings is 1. The molecule has 0 radical (unpaired) electrons. The third-order valence-electron chi connectivity index (χ3n) is 5.38. The van der Waals surface area contributed by atoms with E-state index in [9.17, 15) is 13.2 Å². The van der Waals surface area contributed by atoms with Crippen LogP contribution in [-0.2, 0) is 14.3 Å². The van der Waals surface area contributed by atoms with E-state index in [2.05, 4.69) is 11.0 Å². The molecule has 3 atom stereocenters. The highest BCUT2D eigenvalue weighted by Gasteiger charge is 2.40. The Bertz CT molecular complexity index is 720. The van der Waals surface area contributed by atoms with Crippen molar-refractivity contribution in [1.82, 2.24) is 4.90 Å². The zero-order valence-electron chi connectivity index (χ0n) is 14.6. The molecule has 0 spiro atoms. The van der Waals surface area contributed by atoms with Gasteiger partial charge >= 0.3 is 0 Å². The Hall–Kier alpha value is -1.44. The second kappa shape index (κ2) is 7.43. The number of amides is 1. The number of nitrogens with zero attached hydrogens (tertiary/aromatic N) is 1. The Labute approximate surface area is 149 Å². The molecule has 0 aliphatic carbocycles. The number of hydrogen-bond donors (Lipinski definition) is 1. The van der Waals surface area contributed by atoms with Gasteiger partial charge in [-0.2, -0.15) is 8.42 Å². The van der Waals surface area contributed by atoms with Crippen LogP contribution in [-0.4, -0.2) is 50.7 Å². The Morgan fingerprint density at radius 2 is 1.96 bits per heavy atom. The van der Waals surface area contributed by atoms with Crippen LogP contribution in [0.5, 0.6) is 0 Å². The molecular weight excluding hydrogens is 340 g/mol. The van der Waals surface area contributed by atoms with E-state index in [-0.39, 0.29) is 12.5 Å². The molecule has 2 N–H and O–H groups in total. The highest BCUT2D eigenvalue weighted by molar-refractivity contribution is 7.85. The summed E-state index contributed by atoms with van der Waals surface area (Å²) < 4.78 is 26.9. The zero-order valence-corrected chi connectivity index (χ0v) is 15.4. The summed E-state index contributed by atoms with van der Waals surface area (Å²) in [7, 11) is -3.35. The molecule has 1 aromatic carbocycles. The lowest BCUT2D eigenvalue weighted by molar-refractivity contribution is 0.1000. The molecule has 1 amide bonds. The van der Waals surface area contributed by atoms with Crippen LogP contribution in [0.4, 0.5) is 0 Å². The van der Waals surface area contributed by atoms with Gasteiger partial charge < -0.3 is 5.73 Å². The molecule has 7 heteroatoms. The fraction of sp³-hybridized carbons (Fsp3) is 0.611. The van der Waals surface area contributed by atoms with Crippen LogP contribution >= 0.6 is 0 Å². The molecule has 0 aromatic heterocycles. The monoisotopic (exact) mass is 366 g/mol. The lowest BCUT2D eigenvalue weighted by Gasteiger charge is -2.39. The quantitative estimate of drug-likeness (QED) is 0.588. The summed E-state index contributed by atoms with van der Waals surface area (Å²) in [5, 5.41) is 0. The third kappa shape index (κ3) is 4.59. The summed E-state index contributed by atoms with van der Waals surface area (Å²) in [5.74, 6) is 0.0773. The van der Waals surface area contributed by atoms with Crippen molar-refractivity contribution >= 4 is 16.0 Å². The topological polar surface area (TPSA) is 89.7 Å². The first-order chi connectivity index (χ1) is 11.8. The van der Waals surface area contributed by atoms with Crippen molar-refractivity contribution in [1.29, 1.82) is 0 Å². The van der Waals surface area contributed by atoms with Crippen molar-refractivity contribution in [2.24, 2.45) is 5.73 Å². The van der Waals surface area contributed by atoms with E-state index in [4.69, 9.17) is 9.92 Å². The second-order valence-electron chi connectivity index (χ2n) is 7.16. The van der Waals surface area contributed by atoms with Gasteiger partial charge in [0, 0.05) is 24.2 Å².